The van der Waals surface area contributed by atoms with Crippen LogP contribution >= 0.6 is 15.9 Å². The normalized spacial score (nSPS) is 14.1. The third kappa shape index (κ3) is 3.04. The summed E-state index contributed by atoms with van der Waals surface area (Å²) in [6, 6.07) is 3.85. The van der Waals surface area contributed by atoms with Crippen LogP contribution in [0.3, 0.4) is 0 Å². The predicted molar refractivity (Wildman–Crippen MR) is 63.1 cm³/mol. The molecule has 0 aliphatic heterocycles. The van der Waals surface area contributed by atoms with Gasteiger partial charge in [-0.25, -0.2) is 4.79 Å². The zero-order valence-corrected chi connectivity index (χ0v) is 10.5. The van der Waals surface area contributed by atoms with Crippen LogP contribution in [0.15, 0.2) is 18.2 Å². The Morgan fingerprint density at radius 3 is 2.35 bits per heavy atom. The maximum Gasteiger partial charge on any atom is 0.337 e. The van der Waals surface area contributed by atoms with Crippen LogP contribution < -0.4 is 0 Å². The zero-order valence-electron chi connectivity index (χ0n) is 8.92. The van der Waals surface area contributed by atoms with Crippen LogP contribution in [0.25, 0.3) is 0 Å². The minimum absolute atomic E-state index is 0.00502. The maximum absolute atomic E-state index is 11.2. The number of rotatable bonds is 4. The summed E-state index contributed by atoms with van der Waals surface area (Å²) >= 11 is 3.11. The molecule has 0 radical (unpaired) electrons. The first-order valence-electron chi connectivity index (χ1n) is 4.72. The zero-order chi connectivity index (χ0) is 13.2. The van der Waals surface area contributed by atoms with E-state index in [1.54, 1.807) is 0 Å². The molecular weight excluding hydrogens is 292 g/mol. The SMILES string of the molecule is CC(=O)C(Br)c1ccc(O)cc1C(O)C(=O)O. The summed E-state index contributed by atoms with van der Waals surface area (Å²) in [5, 5.41) is 27.5. The lowest BCUT2D eigenvalue weighted by molar-refractivity contribution is -0.147. The van der Waals surface area contributed by atoms with Crippen LogP contribution in [0.4, 0.5) is 0 Å². The van der Waals surface area contributed by atoms with Gasteiger partial charge in [-0.2, -0.15) is 0 Å². The highest BCUT2D eigenvalue weighted by Crippen LogP contribution is 2.32. The molecular formula is C11H11BrO5. The smallest absolute Gasteiger partial charge is 0.337 e. The van der Waals surface area contributed by atoms with Gasteiger partial charge in [0.25, 0.3) is 0 Å². The van der Waals surface area contributed by atoms with Gasteiger partial charge < -0.3 is 15.3 Å². The van der Waals surface area contributed by atoms with Crippen LogP contribution in [-0.4, -0.2) is 27.1 Å². The molecule has 5 nitrogen and oxygen atoms in total. The van der Waals surface area contributed by atoms with Gasteiger partial charge in [-0.1, -0.05) is 22.0 Å². The molecule has 1 aromatic carbocycles. The van der Waals surface area contributed by atoms with Gasteiger partial charge in [0.2, 0.25) is 0 Å². The third-order valence-corrected chi connectivity index (χ3v) is 3.37. The van der Waals surface area contributed by atoms with Crippen LogP contribution in [-0.2, 0) is 9.59 Å². The molecule has 0 saturated carbocycles. The Kier molecular flexibility index (Phi) is 4.25. The Morgan fingerprint density at radius 1 is 1.29 bits per heavy atom. The number of phenols is 1. The fraction of sp³-hybridized carbons (Fsp3) is 0.273. The Balaban J connectivity index is 3.30. The Hall–Kier alpha value is -1.40. The molecule has 0 aliphatic rings. The monoisotopic (exact) mass is 302 g/mol. The van der Waals surface area contributed by atoms with Crippen LogP contribution in [0.5, 0.6) is 5.75 Å². The van der Waals surface area contributed by atoms with Crippen molar-refractivity contribution in [2.75, 3.05) is 0 Å². The lowest BCUT2D eigenvalue weighted by Gasteiger charge is -2.15. The van der Waals surface area contributed by atoms with Crippen molar-refractivity contribution in [3.05, 3.63) is 29.3 Å². The van der Waals surface area contributed by atoms with E-state index in [9.17, 15) is 19.8 Å². The number of hydrogen-bond acceptors (Lipinski definition) is 4. The minimum Gasteiger partial charge on any atom is -0.508 e. The van der Waals surface area contributed by atoms with Crippen molar-refractivity contribution in [3.8, 4) is 5.75 Å². The van der Waals surface area contributed by atoms with Gasteiger partial charge in [0.1, 0.15) is 11.5 Å². The molecule has 1 rings (SSSR count). The van der Waals surface area contributed by atoms with E-state index in [-0.39, 0.29) is 17.1 Å². The van der Waals surface area contributed by atoms with E-state index in [1.165, 1.54) is 19.1 Å². The molecule has 6 heteroatoms. The van der Waals surface area contributed by atoms with Gasteiger partial charge in [0.15, 0.2) is 6.10 Å². The lowest BCUT2D eigenvalue weighted by atomic mass is 9.98. The highest BCUT2D eigenvalue weighted by atomic mass is 79.9. The lowest BCUT2D eigenvalue weighted by Crippen LogP contribution is -2.15. The first-order chi connectivity index (χ1) is 7.84. The average Bonchev–Trinajstić information content (AvgIpc) is 2.26. The van der Waals surface area contributed by atoms with Gasteiger partial charge >= 0.3 is 5.97 Å². The summed E-state index contributed by atoms with van der Waals surface area (Å²) < 4.78 is 0. The number of aliphatic hydroxyl groups is 1. The molecule has 2 atom stereocenters. The predicted octanol–water partition coefficient (Wildman–Crippen LogP) is 1.54. The molecule has 0 amide bonds. The van der Waals surface area contributed by atoms with E-state index in [0.29, 0.717) is 5.56 Å². The van der Waals surface area contributed by atoms with E-state index in [2.05, 4.69) is 15.9 Å². The molecule has 92 valence electrons. The summed E-state index contributed by atoms with van der Waals surface area (Å²) in [7, 11) is 0. The molecule has 0 spiro atoms. The number of hydrogen-bond donors (Lipinski definition) is 3. The summed E-state index contributed by atoms with van der Waals surface area (Å²) in [5.41, 5.74) is 0.319. The molecule has 0 fully saturated rings. The minimum atomic E-state index is -1.78. The standard InChI is InChI=1S/C11H11BrO5/c1-5(13)9(12)7-3-2-6(14)4-8(7)10(15)11(16)17/h2-4,9-10,14-15H,1H3,(H,16,17). The summed E-state index contributed by atoms with van der Waals surface area (Å²) in [5.74, 6) is -1.85. The topological polar surface area (TPSA) is 94.8 Å². The van der Waals surface area contributed by atoms with Crippen LogP contribution in [0.1, 0.15) is 29.0 Å². The number of halogens is 1. The molecule has 0 aromatic heterocycles. The number of carboxylic acid groups (broad SMARTS) is 1. The quantitative estimate of drug-likeness (QED) is 0.733. The number of Topliss-reactive ketones (excluding diaryl/α,β-unsaturated/α-hetero) is 1. The van der Waals surface area contributed by atoms with Gasteiger partial charge in [-0.15, -0.1) is 0 Å². The summed E-state index contributed by atoms with van der Waals surface area (Å²) in [4.78, 5) is 21.2. The Labute approximate surface area is 106 Å². The molecule has 1 aromatic rings. The fourth-order valence-electron chi connectivity index (χ4n) is 1.38. The first-order valence-corrected chi connectivity index (χ1v) is 5.64. The van der Waals surface area contributed by atoms with Crippen molar-refractivity contribution in [2.24, 2.45) is 0 Å². The van der Waals surface area contributed by atoms with Crippen LogP contribution in [0.2, 0.25) is 0 Å². The largest absolute Gasteiger partial charge is 0.508 e. The van der Waals surface area contributed by atoms with Gasteiger partial charge in [0.05, 0.1) is 4.83 Å². The average molecular weight is 303 g/mol. The highest BCUT2D eigenvalue weighted by Gasteiger charge is 2.25. The van der Waals surface area contributed by atoms with Crippen molar-refractivity contribution < 1.29 is 24.9 Å². The Morgan fingerprint density at radius 2 is 1.88 bits per heavy atom. The van der Waals surface area contributed by atoms with Gasteiger partial charge in [0, 0.05) is 5.56 Å². The molecule has 17 heavy (non-hydrogen) atoms. The first kappa shape index (κ1) is 13.7. The Bertz CT molecular complexity index is 457. The molecule has 0 heterocycles. The number of ketones is 1. The fourth-order valence-corrected chi connectivity index (χ4v) is 1.80. The number of carbonyl (C=O) groups excluding carboxylic acids is 1. The summed E-state index contributed by atoms with van der Waals surface area (Å²) in [6.07, 6.45) is -1.78. The molecule has 0 aliphatic carbocycles. The number of aliphatic carboxylic acids is 1. The molecule has 0 bridgehead atoms. The van der Waals surface area contributed by atoms with Gasteiger partial charge in [-0.3, -0.25) is 4.79 Å². The van der Waals surface area contributed by atoms with E-state index in [1.807, 2.05) is 0 Å². The molecule has 0 saturated heterocycles. The second kappa shape index (κ2) is 5.29. The van der Waals surface area contributed by atoms with Gasteiger partial charge in [-0.05, 0) is 24.6 Å². The second-order valence-electron chi connectivity index (χ2n) is 3.53. The van der Waals surface area contributed by atoms with Crippen molar-refractivity contribution in [3.63, 3.8) is 0 Å². The number of carboxylic acids is 1. The summed E-state index contributed by atoms with van der Waals surface area (Å²) in [6.45, 7) is 1.34. The number of carbonyl (C=O) groups is 2. The van der Waals surface area contributed by atoms with E-state index in [4.69, 9.17) is 5.11 Å². The van der Waals surface area contributed by atoms with Crippen molar-refractivity contribution >= 4 is 27.7 Å². The van der Waals surface area contributed by atoms with Crippen LogP contribution in [0, 0.1) is 0 Å². The van der Waals surface area contributed by atoms with E-state index in [0.717, 1.165) is 6.07 Å². The number of benzene rings is 1. The van der Waals surface area contributed by atoms with Crippen molar-refractivity contribution in [2.45, 2.75) is 17.9 Å². The second-order valence-corrected chi connectivity index (χ2v) is 4.44. The van der Waals surface area contributed by atoms with Crippen molar-refractivity contribution in [1.82, 2.24) is 0 Å². The molecule has 3 N–H and O–H groups in total. The number of aromatic hydroxyl groups is 1. The van der Waals surface area contributed by atoms with E-state index < -0.39 is 16.9 Å². The number of phenolic OH excluding ortho intramolecular Hbond substituents is 1. The number of alkyl halides is 1. The van der Waals surface area contributed by atoms with E-state index >= 15 is 0 Å². The third-order valence-electron chi connectivity index (χ3n) is 2.23. The number of aliphatic hydroxyl groups excluding tert-OH is 1. The van der Waals surface area contributed by atoms with Crippen molar-refractivity contribution in [1.29, 1.82) is 0 Å². The maximum atomic E-state index is 11.2. The highest BCUT2D eigenvalue weighted by molar-refractivity contribution is 9.09. The molecule has 2 unspecified atom stereocenters.